The van der Waals surface area contributed by atoms with Gasteiger partial charge in [-0.2, -0.15) is 5.10 Å². The van der Waals surface area contributed by atoms with Crippen molar-refractivity contribution in [2.24, 2.45) is 12.5 Å². The molecule has 0 aliphatic rings. The lowest BCUT2D eigenvalue weighted by atomic mass is 9.85. The summed E-state index contributed by atoms with van der Waals surface area (Å²) in [6, 6.07) is 0. The molecule has 90 valence electrons. The number of carbonyl (C=O) groups is 1. The van der Waals surface area contributed by atoms with Crippen LogP contribution in [-0.4, -0.2) is 28.8 Å². The second-order valence-electron chi connectivity index (χ2n) is 4.81. The molecule has 0 N–H and O–H groups in total. The van der Waals surface area contributed by atoms with E-state index in [4.69, 9.17) is 16.3 Å². The lowest BCUT2D eigenvalue weighted by Crippen LogP contribution is -2.37. The Morgan fingerprint density at radius 1 is 1.56 bits per heavy atom. The predicted octanol–water partition coefficient (Wildman–Crippen LogP) is 2.32. The molecule has 1 rings (SSSR count). The van der Waals surface area contributed by atoms with Crippen LogP contribution in [0.4, 0.5) is 0 Å². The fourth-order valence-corrected chi connectivity index (χ4v) is 1.93. The standard InChI is InChI=1S/C11H17ClN2O2/c1-11(2,3)10(16-5)9(15)8-7(12)6-13-14(8)4/h6,10H,1-5H3. The van der Waals surface area contributed by atoms with Crippen molar-refractivity contribution in [3.05, 3.63) is 16.9 Å². The molecule has 0 saturated carbocycles. The third-order valence-electron chi connectivity index (χ3n) is 2.39. The summed E-state index contributed by atoms with van der Waals surface area (Å²) in [6.07, 6.45) is 0.935. The van der Waals surface area contributed by atoms with Crippen molar-refractivity contribution in [1.29, 1.82) is 0 Å². The molecule has 1 aromatic rings. The van der Waals surface area contributed by atoms with Gasteiger partial charge in [0.2, 0.25) is 5.78 Å². The lowest BCUT2D eigenvalue weighted by Gasteiger charge is -2.27. The molecular weight excluding hydrogens is 228 g/mol. The number of hydrogen-bond acceptors (Lipinski definition) is 3. The minimum atomic E-state index is -0.527. The second-order valence-corrected chi connectivity index (χ2v) is 5.22. The maximum absolute atomic E-state index is 12.3. The first kappa shape index (κ1) is 13.2. The zero-order chi connectivity index (χ0) is 12.5. The minimum absolute atomic E-state index is 0.139. The zero-order valence-corrected chi connectivity index (χ0v) is 11.0. The highest BCUT2D eigenvalue weighted by atomic mass is 35.5. The molecule has 1 unspecified atom stereocenters. The molecule has 0 aromatic carbocycles. The van der Waals surface area contributed by atoms with Crippen molar-refractivity contribution < 1.29 is 9.53 Å². The minimum Gasteiger partial charge on any atom is -0.373 e. The molecule has 0 saturated heterocycles. The van der Waals surface area contributed by atoms with Crippen LogP contribution in [0.3, 0.4) is 0 Å². The molecule has 1 atom stereocenters. The van der Waals surface area contributed by atoms with E-state index in [2.05, 4.69) is 5.10 Å². The van der Waals surface area contributed by atoms with Crippen LogP contribution in [0, 0.1) is 5.41 Å². The normalized spacial score (nSPS) is 13.9. The Morgan fingerprint density at radius 3 is 2.44 bits per heavy atom. The number of carbonyl (C=O) groups excluding carboxylic acids is 1. The molecule has 5 heteroatoms. The van der Waals surface area contributed by atoms with E-state index in [-0.39, 0.29) is 11.2 Å². The number of methoxy groups -OCH3 is 1. The van der Waals surface area contributed by atoms with Gasteiger partial charge in [0.25, 0.3) is 0 Å². The Balaban J connectivity index is 3.11. The van der Waals surface area contributed by atoms with Gasteiger partial charge in [-0.05, 0) is 5.41 Å². The van der Waals surface area contributed by atoms with E-state index in [0.29, 0.717) is 10.7 Å². The van der Waals surface area contributed by atoms with Crippen LogP contribution in [0.1, 0.15) is 31.3 Å². The number of rotatable bonds is 3. The summed E-state index contributed by atoms with van der Waals surface area (Å²) in [5, 5.41) is 4.30. The van der Waals surface area contributed by atoms with Crippen LogP contribution in [0.25, 0.3) is 0 Å². The number of halogens is 1. The SMILES string of the molecule is COC(C(=O)c1c(Cl)cnn1C)C(C)(C)C. The highest BCUT2D eigenvalue weighted by Gasteiger charge is 2.34. The van der Waals surface area contributed by atoms with Crippen LogP contribution >= 0.6 is 11.6 Å². The largest absolute Gasteiger partial charge is 0.373 e. The zero-order valence-electron chi connectivity index (χ0n) is 10.2. The van der Waals surface area contributed by atoms with Crippen LogP contribution in [-0.2, 0) is 11.8 Å². The van der Waals surface area contributed by atoms with E-state index in [9.17, 15) is 4.79 Å². The number of nitrogens with zero attached hydrogens (tertiary/aromatic N) is 2. The molecule has 16 heavy (non-hydrogen) atoms. The number of aromatic nitrogens is 2. The van der Waals surface area contributed by atoms with Gasteiger partial charge in [0.15, 0.2) is 0 Å². The van der Waals surface area contributed by atoms with Crippen LogP contribution in [0.5, 0.6) is 0 Å². The third kappa shape index (κ3) is 2.44. The molecule has 0 aliphatic heterocycles. The summed E-state index contributed by atoms with van der Waals surface area (Å²) in [7, 11) is 3.21. The summed E-state index contributed by atoms with van der Waals surface area (Å²) >= 11 is 5.93. The van der Waals surface area contributed by atoms with Gasteiger partial charge in [-0.15, -0.1) is 0 Å². The summed E-state index contributed by atoms with van der Waals surface area (Å²) < 4.78 is 6.74. The third-order valence-corrected chi connectivity index (χ3v) is 2.66. The van der Waals surface area contributed by atoms with Crippen molar-refractivity contribution in [3.8, 4) is 0 Å². The molecule has 0 bridgehead atoms. The van der Waals surface area contributed by atoms with Crippen molar-refractivity contribution in [3.63, 3.8) is 0 Å². The summed E-state index contributed by atoms with van der Waals surface area (Å²) in [5.41, 5.74) is 0.114. The number of hydrogen-bond donors (Lipinski definition) is 0. The monoisotopic (exact) mass is 244 g/mol. The highest BCUT2D eigenvalue weighted by molar-refractivity contribution is 6.33. The number of ketones is 1. The number of ether oxygens (including phenoxy) is 1. The van der Waals surface area contributed by atoms with E-state index >= 15 is 0 Å². The van der Waals surface area contributed by atoms with E-state index in [1.54, 1.807) is 7.05 Å². The summed E-state index contributed by atoms with van der Waals surface area (Å²) in [5.74, 6) is -0.139. The summed E-state index contributed by atoms with van der Waals surface area (Å²) in [4.78, 5) is 12.3. The molecule has 1 aromatic heterocycles. The van der Waals surface area contributed by atoms with Gasteiger partial charge in [-0.1, -0.05) is 32.4 Å². The summed E-state index contributed by atoms with van der Waals surface area (Å²) in [6.45, 7) is 5.84. The van der Waals surface area contributed by atoms with E-state index in [1.165, 1.54) is 18.0 Å². The predicted molar refractivity (Wildman–Crippen MR) is 62.8 cm³/mol. The van der Waals surface area contributed by atoms with Gasteiger partial charge >= 0.3 is 0 Å². The van der Waals surface area contributed by atoms with Crippen molar-refractivity contribution in [2.75, 3.05) is 7.11 Å². The fraction of sp³-hybridized carbons (Fsp3) is 0.636. The molecule has 0 radical (unpaired) electrons. The second kappa shape index (κ2) is 4.55. The van der Waals surface area contributed by atoms with E-state index < -0.39 is 6.10 Å². The van der Waals surface area contributed by atoms with Gasteiger partial charge in [0, 0.05) is 14.2 Å². The van der Waals surface area contributed by atoms with Gasteiger partial charge in [0.1, 0.15) is 11.8 Å². The molecule has 4 nitrogen and oxygen atoms in total. The average molecular weight is 245 g/mol. The van der Waals surface area contributed by atoms with Gasteiger partial charge < -0.3 is 4.74 Å². The fourth-order valence-electron chi connectivity index (χ4n) is 1.67. The van der Waals surface area contributed by atoms with Crippen molar-refractivity contribution in [1.82, 2.24) is 9.78 Å². The number of aryl methyl sites for hydroxylation is 1. The Labute approximate surface area is 101 Å². The van der Waals surface area contributed by atoms with Crippen LogP contribution in [0.15, 0.2) is 6.20 Å². The first-order valence-electron chi connectivity index (χ1n) is 5.03. The van der Waals surface area contributed by atoms with Crippen molar-refractivity contribution in [2.45, 2.75) is 26.9 Å². The number of Topliss-reactive ketones (excluding diaryl/α,β-unsaturated/α-hetero) is 1. The van der Waals surface area contributed by atoms with Gasteiger partial charge in [-0.3, -0.25) is 9.48 Å². The smallest absolute Gasteiger partial charge is 0.211 e. The maximum atomic E-state index is 12.3. The Morgan fingerprint density at radius 2 is 2.12 bits per heavy atom. The average Bonchev–Trinajstić information content (AvgIpc) is 2.44. The van der Waals surface area contributed by atoms with Gasteiger partial charge in [0.05, 0.1) is 11.2 Å². The molecule has 1 heterocycles. The Hall–Kier alpha value is -0.870. The molecule has 0 aliphatic carbocycles. The van der Waals surface area contributed by atoms with E-state index in [0.717, 1.165) is 0 Å². The highest BCUT2D eigenvalue weighted by Crippen LogP contribution is 2.27. The molecule has 0 spiro atoms. The van der Waals surface area contributed by atoms with Crippen LogP contribution in [0.2, 0.25) is 5.02 Å². The van der Waals surface area contributed by atoms with Gasteiger partial charge in [-0.25, -0.2) is 0 Å². The van der Waals surface area contributed by atoms with Crippen molar-refractivity contribution >= 4 is 17.4 Å². The lowest BCUT2D eigenvalue weighted by molar-refractivity contribution is 0.0188. The Kier molecular flexibility index (Phi) is 3.76. The van der Waals surface area contributed by atoms with E-state index in [1.807, 2.05) is 20.8 Å². The first-order chi connectivity index (χ1) is 7.29. The molecule has 0 amide bonds. The van der Waals surface area contributed by atoms with Crippen LogP contribution < -0.4 is 0 Å². The maximum Gasteiger partial charge on any atom is 0.211 e. The molecule has 0 fully saturated rings. The topological polar surface area (TPSA) is 44.1 Å². The quantitative estimate of drug-likeness (QED) is 0.767. The first-order valence-corrected chi connectivity index (χ1v) is 5.41. The molecular formula is C11H17ClN2O2. The Bertz CT molecular complexity index is 374.